The van der Waals surface area contributed by atoms with Gasteiger partial charge in [-0.3, -0.25) is 9.12 Å². The van der Waals surface area contributed by atoms with Gasteiger partial charge >= 0.3 is 0 Å². The summed E-state index contributed by atoms with van der Waals surface area (Å²) in [5, 5.41) is 9.09. The largest absolute Gasteiger partial charge is 0.480 e. The van der Waals surface area contributed by atoms with Crippen LogP contribution in [0, 0.1) is 23.0 Å². The molecule has 0 amide bonds. The molecule has 0 spiro atoms. The Bertz CT molecular complexity index is 1760. The van der Waals surface area contributed by atoms with E-state index in [1.165, 1.54) is 25.4 Å². The lowest BCUT2D eigenvalue weighted by Gasteiger charge is -2.14. The molecule has 0 fully saturated rings. The quantitative estimate of drug-likeness (QED) is 0.357. The van der Waals surface area contributed by atoms with Crippen molar-refractivity contribution in [2.75, 3.05) is 11.8 Å². The second-order valence-corrected chi connectivity index (χ2v) is 9.11. The van der Waals surface area contributed by atoms with Crippen molar-refractivity contribution in [3.05, 3.63) is 78.5 Å². The molecule has 5 aromatic rings. The lowest BCUT2D eigenvalue weighted by atomic mass is 10.0. The molecule has 0 aliphatic rings. The summed E-state index contributed by atoms with van der Waals surface area (Å²) in [6.45, 7) is 0. The van der Waals surface area contributed by atoms with Crippen molar-refractivity contribution in [1.29, 1.82) is 5.26 Å². The highest BCUT2D eigenvalue weighted by Gasteiger charge is 2.25. The van der Waals surface area contributed by atoms with Crippen molar-refractivity contribution < 1.29 is 21.9 Å². The number of aromatic amines is 1. The van der Waals surface area contributed by atoms with Crippen molar-refractivity contribution in [3.63, 3.8) is 0 Å². The highest BCUT2D eigenvalue weighted by atomic mass is 32.2. The van der Waals surface area contributed by atoms with Gasteiger partial charge in [-0.15, -0.1) is 0 Å². The lowest BCUT2D eigenvalue weighted by molar-refractivity contribution is 0.385. The molecule has 0 aliphatic carbocycles. The maximum atomic E-state index is 15.5. The smallest absolute Gasteiger partial charge is 0.267 e. The third kappa shape index (κ3) is 3.89. The third-order valence-corrected chi connectivity index (χ3v) is 6.66. The van der Waals surface area contributed by atoms with E-state index in [4.69, 9.17) is 10.00 Å². The first-order valence-corrected chi connectivity index (χ1v) is 11.7. The number of ether oxygens (including phenoxy) is 1. The number of aromatic nitrogens is 5. The molecule has 0 saturated carbocycles. The van der Waals surface area contributed by atoms with Gasteiger partial charge in [-0.1, -0.05) is 0 Å². The summed E-state index contributed by atoms with van der Waals surface area (Å²) in [6, 6.07) is 7.73. The Kier molecular flexibility index (Phi) is 5.57. The first-order chi connectivity index (χ1) is 17.3. The van der Waals surface area contributed by atoms with Gasteiger partial charge in [0.1, 0.15) is 11.9 Å². The number of anilines is 1. The third-order valence-electron chi connectivity index (χ3n) is 5.30. The molecule has 10 nitrogen and oxygen atoms in total. The molecule has 4 aromatic heterocycles. The van der Waals surface area contributed by atoms with Gasteiger partial charge in [-0.05, 0) is 35.9 Å². The van der Waals surface area contributed by atoms with Crippen molar-refractivity contribution in [2.24, 2.45) is 0 Å². The number of fused-ring (bicyclic) bond motifs is 1. The molecule has 1 aromatic carbocycles. The molecule has 4 heterocycles. The van der Waals surface area contributed by atoms with Crippen LogP contribution >= 0.6 is 0 Å². The Labute approximate surface area is 202 Å². The number of benzene rings is 1. The standard InChI is InChI=1S/C23H15F2N7O3S/c1-35-23-18(8-13(10-26)11-30-23)36(33,34)31-17-3-2-16(24)19(20(17)25)14-4-7-32-15(9-14)12-29-22(32)21-27-5-6-28-21/h2-9,11-12,31H,1H3,(H,27,28). The Morgan fingerprint density at radius 3 is 2.69 bits per heavy atom. The minimum atomic E-state index is -4.46. The summed E-state index contributed by atoms with van der Waals surface area (Å²) in [5.74, 6) is -1.29. The number of methoxy groups -OCH3 is 1. The van der Waals surface area contributed by atoms with Gasteiger partial charge in [0, 0.05) is 24.8 Å². The van der Waals surface area contributed by atoms with Gasteiger partial charge in [0.15, 0.2) is 22.4 Å². The number of pyridine rings is 2. The van der Waals surface area contributed by atoms with Crippen LogP contribution in [0.1, 0.15) is 5.56 Å². The maximum Gasteiger partial charge on any atom is 0.267 e. The SMILES string of the molecule is COc1ncc(C#N)cc1S(=O)(=O)Nc1ccc(F)c(-c2ccn3c(-c4ncc[nH]4)ncc3c2)c1F. The number of halogens is 2. The number of sulfonamides is 1. The van der Waals surface area contributed by atoms with E-state index in [1.54, 1.807) is 29.1 Å². The molecule has 0 radical (unpaired) electrons. The van der Waals surface area contributed by atoms with Gasteiger partial charge in [-0.25, -0.2) is 32.2 Å². The Balaban J connectivity index is 1.56. The molecule has 0 bridgehead atoms. The monoisotopic (exact) mass is 507 g/mol. The number of hydrogen-bond acceptors (Lipinski definition) is 7. The summed E-state index contributed by atoms with van der Waals surface area (Å²) in [5.41, 5.74) is -0.280. The van der Waals surface area contributed by atoms with Crippen LogP contribution in [-0.4, -0.2) is 39.9 Å². The number of H-pyrrole nitrogens is 1. The molecule has 0 atom stereocenters. The van der Waals surface area contributed by atoms with Gasteiger partial charge in [0.2, 0.25) is 5.88 Å². The second kappa shape index (κ2) is 8.75. The molecule has 180 valence electrons. The van der Waals surface area contributed by atoms with Gasteiger partial charge in [0.25, 0.3) is 10.0 Å². The van der Waals surface area contributed by atoms with Gasteiger partial charge < -0.3 is 9.72 Å². The van der Waals surface area contributed by atoms with Crippen LogP contribution in [0.3, 0.4) is 0 Å². The van der Waals surface area contributed by atoms with E-state index < -0.39 is 37.8 Å². The summed E-state index contributed by atoms with van der Waals surface area (Å²) in [7, 11) is -3.25. The molecule has 36 heavy (non-hydrogen) atoms. The predicted molar refractivity (Wildman–Crippen MR) is 124 cm³/mol. The fourth-order valence-electron chi connectivity index (χ4n) is 3.65. The zero-order valence-electron chi connectivity index (χ0n) is 18.4. The highest BCUT2D eigenvalue weighted by Crippen LogP contribution is 2.34. The van der Waals surface area contributed by atoms with Crippen molar-refractivity contribution in [3.8, 4) is 34.7 Å². The fourth-order valence-corrected chi connectivity index (χ4v) is 4.86. The lowest BCUT2D eigenvalue weighted by Crippen LogP contribution is -2.16. The Hall–Kier alpha value is -4.83. The van der Waals surface area contributed by atoms with E-state index in [9.17, 15) is 12.8 Å². The zero-order valence-corrected chi connectivity index (χ0v) is 19.2. The van der Waals surface area contributed by atoms with Crippen molar-refractivity contribution in [2.45, 2.75) is 4.90 Å². The molecule has 0 unspecified atom stereocenters. The topological polar surface area (TPSA) is 138 Å². The van der Waals surface area contributed by atoms with Crippen LogP contribution in [0.25, 0.3) is 28.3 Å². The number of rotatable bonds is 6. The van der Waals surface area contributed by atoms with E-state index in [0.717, 1.165) is 24.4 Å². The minimum Gasteiger partial charge on any atom is -0.480 e. The number of nitrogens with zero attached hydrogens (tertiary/aromatic N) is 5. The van der Waals surface area contributed by atoms with E-state index >= 15 is 4.39 Å². The van der Waals surface area contributed by atoms with Gasteiger partial charge in [-0.2, -0.15) is 5.26 Å². The summed E-state index contributed by atoms with van der Waals surface area (Å²) in [4.78, 5) is 14.7. The zero-order chi connectivity index (χ0) is 25.4. The number of imidazole rings is 2. The fraction of sp³-hybridized carbons (Fsp3) is 0.0435. The van der Waals surface area contributed by atoms with E-state index in [1.807, 2.05) is 0 Å². The van der Waals surface area contributed by atoms with Crippen LogP contribution < -0.4 is 9.46 Å². The van der Waals surface area contributed by atoms with Crippen LogP contribution in [-0.2, 0) is 10.0 Å². The molecule has 2 N–H and O–H groups in total. The highest BCUT2D eigenvalue weighted by molar-refractivity contribution is 7.92. The Morgan fingerprint density at radius 1 is 1.14 bits per heavy atom. The average Bonchev–Trinajstić information content (AvgIpc) is 3.55. The van der Waals surface area contributed by atoms with E-state index in [-0.39, 0.29) is 17.0 Å². The second-order valence-electron chi connectivity index (χ2n) is 7.46. The minimum absolute atomic E-state index is 0.0422. The molecular formula is C23H15F2N7O3S. The summed E-state index contributed by atoms with van der Waals surface area (Å²) in [6.07, 6.45) is 7.45. The molecule has 0 aliphatic heterocycles. The molecule has 5 rings (SSSR count). The average molecular weight is 507 g/mol. The first kappa shape index (κ1) is 22.9. The van der Waals surface area contributed by atoms with Crippen LogP contribution in [0.2, 0.25) is 0 Å². The molecule has 0 saturated heterocycles. The predicted octanol–water partition coefficient (Wildman–Crippen LogP) is 3.75. The van der Waals surface area contributed by atoms with Crippen molar-refractivity contribution in [1.82, 2.24) is 24.3 Å². The summed E-state index contributed by atoms with van der Waals surface area (Å²) >= 11 is 0. The van der Waals surface area contributed by atoms with Crippen LogP contribution in [0.4, 0.5) is 14.5 Å². The molecular weight excluding hydrogens is 492 g/mol. The first-order valence-electron chi connectivity index (χ1n) is 10.2. The maximum absolute atomic E-state index is 15.5. The summed E-state index contributed by atoms with van der Waals surface area (Å²) < 4.78 is 65.1. The van der Waals surface area contributed by atoms with E-state index in [0.29, 0.717) is 17.2 Å². The number of nitriles is 1. The Morgan fingerprint density at radius 2 is 1.97 bits per heavy atom. The van der Waals surface area contributed by atoms with E-state index in [2.05, 4.69) is 24.7 Å². The number of hydrogen-bond donors (Lipinski definition) is 2. The van der Waals surface area contributed by atoms with Gasteiger partial charge in [0.05, 0.1) is 35.6 Å². The van der Waals surface area contributed by atoms with Crippen molar-refractivity contribution >= 4 is 21.2 Å². The normalized spacial score (nSPS) is 11.4. The number of nitrogens with one attached hydrogen (secondary N) is 2. The molecule has 13 heteroatoms. The van der Waals surface area contributed by atoms with Crippen LogP contribution in [0.15, 0.2) is 66.2 Å². The van der Waals surface area contributed by atoms with Crippen LogP contribution in [0.5, 0.6) is 5.88 Å².